The van der Waals surface area contributed by atoms with Crippen LogP contribution in [0.2, 0.25) is 0 Å². The van der Waals surface area contributed by atoms with Gasteiger partial charge in [0.05, 0.1) is 5.41 Å². The number of nitrogens with two attached hydrogens (primary N) is 1. The highest BCUT2D eigenvalue weighted by atomic mass is 14.5. The van der Waals surface area contributed by atoms with E-state index >= 15 is 0 Å². The Balaban J connectivity index is 1.09. The van der Waals surface area contributed by atoms with Gasteiger partial charge in [0.1, 0.15) is 0 Å². The zero-order valence-electron chi connectivity index (χ0n) is 41.1. The monoisotopic (exact) mass is 913 g/mol. The second-order valence-corrected chi connectivity index (χ2v) is 19.5. The first-order valence-electron chi connectivity index (χ1n) is 25.0. The van der Waals surface area contributed by atoms with Crippen molar-refractivity contribution < 1.29 is 0 Å². The molecule has 9 aromatic carbocycles. The van der Waals surface area contributed by atoms with Gasteiger partial charge in [0.25, 0.3) is 0 Å². The minimum absolute atomic E-state index is 0.380. The molecule has 0 aliphatic heterocycles. The Morgan fingerprint density at radius 1 is 0.535 bits per heavy atom. The van der Waals surface area contributed by atoms with Crippen LogP contribution in [0.25, 0.3) is 72.8 Å². The summed E-state index contributed by atoms with van der Waals surface area (Å²) in [5, 5.41) is 7.37. The molecule has 2 aliphatic rings. The third kappa shape index (κ3) is 8.17. The Kier molecular flexibility index (Phi) is 12.1. The molecule has 344 valence electrons. The third-order valence-corrected chi connectivity index (χ3v) is 15.6. The summed E-state index contributed by atoms with van der Waals surface area (Å²) in [6.07, 6.45) is 17.7. The summed E-state index contributed by atoms with van der Waals surface area (Å²) >= 11 is 0. The van der Waals surface area contributed by atoms with Crippen LogP contribution < -0.4 is 5.73 Å². The molecule has 0 spiro atoms. The predicted octanol–water partition coefficient (Wildman–Crippen LogP) is 18.0. The van der Waals surface area contributed by atoms with Crippen molar-refractivity contribution in [2.45, 2.75) is 44.9 Å². The molecule has 11 rings (SSSR count). The van der Waals surface area contributed by atoms with Crippen molar-refractivity contribution >= 4 is 61.7 Å². The summed E-state index contributed by atoms with van der Waals surface area (Å²) < 4.78 is 0. The normalized spacial score (nSPS) is 14.8. The lowest BCUT2D eigenvalue weighted by Crippen LogP contribution is -2.31. The van der Waals surface area contributed by atoms with E-state index in [0.29, 0.717) is 12.5 Å². The fraction of sp³-hybridized carbons (Fsp3) is 0.114. The predicted molar refractivity (Wildman–Crippen MR) is 307 cm³/mol. The molecular weight excluding hydrogens is 855 g/mol. The number of aryl methyl sites for hydroxylation is 2. The van der Waals surface area contributed by atoms with Crippen molar-refractivity contribution in [3.8, 4) is 11.1 Å². The van der Waals surface area contributed by atoms with Gasteiger partial charge in [-0.05, 0) is 155 Å². The first kappa shape index (κ1) is 45.3. The van der Waals surface area contributed by atoms with Crippen LogP contribution >= 0.6 is 0 Å². The van der Waals surface area contributed by atoms with Crippen LogP contribution in [-0.4, -0.2) is 6.54 Å². The van der Waals surface area contributed by atoms with Crippen molar-refractivity contribution in [1.82, 2.24) is 0 Å². The molecule has 1 unspecified atom stereocenters. The maximum absolute atomic E-state index is 6.02. The van der Waals surface area contributed by atoms with Crippen LogP contribution in [0.3, 0.4) is 0 Å². The van der Waals surface area contributed by atoms with Gasteiger partial charge in [-0.25, -0.2) is 0 Å². The van der Waals surface area contributed by atoms with Crippen LogP contribution in [0.1, 0.15) is 81.3 Å². The average molecular weight is 914 g/mol. The highest BCUT2D eigenvalue weighted by molar-refractivity contribution is 6.01. The van der Waals surface area contributed by atoms with E-state index in [2.05, 4.69) is 239 Å². The van der Waals surface area contributed by atoms with E-state index in [1.54, 1.807) is 5.57 Å². The number of fused-ring (bicyclic) bond motifs is 7. The molecule has 71 heavy (non-hydrogen) atoms. The Hall–Kier alpha value is -8.10. The molecule has 2 N–H and O–H groups in total. The Morgan fingerprint density at radius 2 is 1.03 bits per heavy atom. The second-order valence-electron chi connectivity index (χ2n) is 19.5. The molecule has 9 aromatic rings. The van der Waals surface area contributed by atoms with Gasteiger partial charge in [-0.15, -0.1) is 0 Å². The van der Waals surface area contributed by atoms with E-state index in [0.717, 1.165) is 57.4 Å². The zero-order valence-corrected chi connectivity index (χ0v) is 41.1. The molecule has 0 fully saturated rings. The molecule has 1 nitrogen and oxygen atoms in total. The number of allylic oxidation sites excluding steroid dienone is 8. The van der Waals surface area contributed by atoms with Crippen molar-refractivity contribution in [3.63, 3.8) is 0 Å². The lowest BCUT2D eigenvalue weighted by molar-refractivity contribution is 0.749. The minimum atomic E-state index is -0.865. The molecular formula is C70H59N. The largest absolute Gasteiger partial charge is 0.327 e. The maximum Gasteiger partial charge on any atom is 0.0690 e. The third-order valence-electron chi connectivity index (χ3n) is 15.6. The summed E-state index contributed by atoms with van der Waals surface area (Å²) in [7, 11) is 0. The number of benzene rings is 9. The quantitative estimate of drug-likeness (QED) is 0.121. The van der Waals surface area contributed by atoms with Crippen molar-refractivity contribution in [2.75, 3.05) is 6.54 Å². The van der Waals surface area contributed by atoms with Gasteiger partial charge in [-0.1, -0.05) is 243 Å². The second kappa shape index (κ2) is 19.0. The standard InChI is InChI=1S/C70H59N/c1-46(24-26-51-28-30-54-15-6-9-19-64(54)48(51)3)70(47(2)25-27-52-29-31-55-16-7-10-20-65(55)49(52)4,63-40-36-58(37-41-63)69-57(18-14-42-71)33-32-56-17-8-11-23-68(56)69)62-38-34-53(35-39-62)60-43-59-44-61(45-60)67-22-13-12-21-66(67)50(59)5/h6-41,45,61H,1-2,42-44,71H2,3-5H3/b18-14-,26-24-,27-25-. The summed E-state index contributed by atoms with van der Waals surface area (Å²) in [4.78, 5) is 0. The molecule has 0 saturated carbocycles. The summed E-state index contributed by atoms with van der Waals surface area (Å²) in [5.41, 5.74) is 25.9. The lowest BCUT2D eigenvalue weighted by Gasteiger charge is -2.38. The minimum Gasteiger partial charge on any atom is -0.327 e. The molecule has 1 atom stereocenters. The molecule has 2 bridgehead atoms. The number of rotatable bonds is 12. The van der Waals surface area contributed by atoms with E-state index in [1.165, 1.54) is 76.8 Å². The number of hydrogen-bond donors (Lipinski definition) is 1. The SMILES string of the molecule is C=C(/C=C\c1ccc2ccccc2c1C)C(C(=C)/C=C\c1ccc2ccccc2c1C)(c1ccc(C2=CC3CC(=C(C)c4ccccc43)C2)cc1)c1ccc(-c2c(/C=C\CN)ccc3ccccc23)cc1. The van der Waals surface area contributed by atoms with Crippen LogP contribution in [-0.2, 0) is 5.41 Å². The van der Waals surface area contributed by atoms with Gasteiger partial charge in [0.2, 0.25) is 0 Å². The van der Waals surface area contributed by atoms with Gasteiger partial charge >= 0.3 is 0 Å². The Morgan fingerprint density at radius 3 is 1.61 bits per heavy atom. The van der Waals surface area contributed by atoms with Crippen LogP contribution in [0.5, 0.6) is 0 Å². The molecule has 1 heteroatoms. The van der Waals surface area contributed by atoms with E-state index in [4.69, 9.17) is 18.9 Å². The van der Waals surface area contributed by atoms with Gasteiger partial charge < -0.3 is 5.73 Å². The smallest absolute Gasteiger partial charge is 0.0690 e. The zero-order chi connectivity index (χ0) is 48.6. The van der Waals surface area contributed by atoms with Crippen molar-refractivity contribution in [3.05, 3.63) is 292 Å². The van der Waals surface area contributed by atoms with Crippen molar-refractivity contribution in [1.29, 1.82) is 0 Å². The van der Waals surface area contributed by atoms with E-state index in [-0.39, 0.29) is 0 Å². The maximum atomic E-state index is 6.02. The highest BCUT2D eigenvalue weighted by Gasteiger charge is 2.39. The lowest BCUT2D eigenvalue weighted by atomic mass is 9.64. The van der Waals surface area contributed by atoms with Gasteiger partial charge in [0, 0.05) is 12.5 Å². The molecule has 0 aromatic heterocycles. The molecule has 0 saturated heterocycles. The average Bonchev–Trinajstić information content (AvgIpc) is 3.42. The first-order valence-corrected chi connectivity index (χ1v) is 25.0. The Bertz CT molecular complexity index is 3630. The first-order chi connectivity index (χ1) is 34.7. The molecule has 2 aliphatic carbocycles. The molecule has 0 heterocycles. The van der Waals surface area contributed by atoms with E-state index < -0.39 is 5.41 Å². The fourth-order valence-electron chi connectivity index (χ4n) is 11.7. The fourth-order valence-corrected chi connectivity index (χ4v) is 11.7. The van der Waals surface area contributed by atoms with Crippen LogP contribution in [0.4, 0.5) is 0 Å². The van der Waals surface area contributed by atoms with Gasteiger partial charge in [-0.3, -0.25) is 0 Å². The van der Waals surface area contributed by atoms with E-state index in [9.17, 15) is 0 Å². The summed E-state index contributed by atoms with van der Waals surface area (Å²) in [6, 6.07) is 66.7. The summed E-state index contributed by atoms with van der Waals surface area (Å²) in [6.45, 7) is 17.3. The topological polar surface area (TPSA) is 26.0 Å². The molecule has 0 radical (unpaired) electrons. The molecule has 0 amide bonds. The van der Waals surface area contributed by atoms with Gasteiger partial charge in [-0.2, -0.15) is 0 Å². The number of hydrogen-bond acceptors (Lipinski definition) is 1. The van der Waals surface area contributed by atoms with Crippen LogP contribution in [0.15, 0.2) is 236 Å². The summed E-state index contributed by atoms with van der Waals surface area (Å²) in [5.74, 6) is 0.380. The van der Waals surface area contributed by atoms with Crippen LogP contribution in [0, 0.1) is 13.8 Å². The highest BCUT2D eigenvalue weighted by Crippen LogP contribution is 2.50. The Labute approximate surface area is 419 Å². The van der Waals surface area contributed by atoms with E-state index in [1.807, 2.05) is 6.08 Å². The van der Waals surface area contributed by atoms with Crippen molar-refractivity contribution in [2.24, 2.45) is 5.73 Å². The van der Waals surface area contributed by atoms with Gasteiger partial charge in [0.15, 0.2) is 0 Å².